The van der Waals surface area contributed by atoms with Gasteiger partial charge in [-0.2, -0.15) is 0 Å². The van der Waals surface area contributed by atoms with Gasteiger partial charge in [-0.3, -0.25) is 0 Å². The zero-order valence-corrected chi connectivity index (χ0v) is 15.0. The quantitative estimate of drug-likeness (QED) is 0.760. The molecular formula is C14H14Br2N2O2S. The molecule has 2 aromatic carbocycles. The van der Waals surface area contributed by atoms with E-state index < -0.39 is 10.0 Å². The van der Waals surface area contributed by atoms with Gasteiger partial charge >= 0.3 is 0 Å². The van der Waals surface area contributed by atoms with E-state index in [4.69, 9.17) is 5.73 Å². The van der Waals surface area contributed by atoms with Gasteiger partial charge in [-0.25, -0.2) is 13.1 Å². The molecule has 7 heteroatoms. The normalized spacial score (nSPS) is 11.6. The van der Waals surface area contributed by atoms with Crippen LogP contribution in [0.5, 0.6) is 0 Å². The zero-order chi connectivity index (χ0) is 15.5. The van der Waals surface area contributed by atoms with Crippen molar-refractivity contribution in [2.45, 2.75) is 18.0 Å². The highest BCUT2D eigenvalue weighted by Crippen LogP contribution is 2.25. The third-order valence-electron chi connectivity index (χ3n) is 2.91. The molecule has 0 aliphatic rings. The third-order valence-corrected chi connectivity index (χ3v) is 5.80. The summed E-state index contributed by atoms with van der Waals surface area (Å²) in [6.45, 7) is 0.698. The third kappa shape index (κ3) is 4.37. The Balaban J connectivity index is 2.15. The van der Waals surface area contributed by atoms with Crippen molar-refractivity contribution in [1.29, 1.82) is 0 Å². The van der Waals surface area contributed by atoms with Crippen LogP contribution in [0.1, 0.15) is 11.1 Å². The highest BCUT2D eigenvalue weighted by atomic mass is 79.9. The van der Waals surface area contributed by atoms with Gasteiger partial charge < -0.3 is 5.73 Å². The molecule has 0 aliphatic heterocycles. The smallest absolute Gasteiger partial charge is 0.242 e. The van der Waals surface area contributed by atoms with Gasteiger partial charge in [0.2, 0.25) is 10.0 Å². The number of hydrogen-bond donors (Lipinski definition) is 2. The summed E-state index contributed by atoms with van der Waals surface area (Å²) < 4.78 is 28.5. The van der Waals surface area contributed by atoms with E-state index >= 15 is 0 Å². The van der Waals surface area contributed by atoms with Gasteiger partial charge in [0.1, 0.15) is 0 Å². The fraction of sp³-hybridized carbons (Fsp3) is 0.143. The number of sulfonamides is 1. The van der Waals surface area contributed by atoms with Gasteiger partial charge in [0.25, 0.3) is 0 Å². The van der Waals surface area contributed by atoms with E-state index in [9.17, 15) is 8.42 Å². The second-order valence-corrected chi connectivity index (χ2v) is 7.93. The van der Waals surface area contributed by atoms with Crippen LogP contribution < -0.4 is 10.5 Å². The first-order chi connectivity index (χ1) is 9.92. The minimum absolute atomic E-state index is 0.204. The van der Waals surface area contributed by atoms with Gasteiger partial charge in [0.15, 0.2) is 0 Å². The van der Waals surface area contributed by atoms with E-state index in [1.165, 1.54) is 0 Å². The summed E-state index contributed by atoms with van der Waals surface area (Å²) in [5.41, 5.74) is 7.42. The number of nitrogens with one attached hydrogen (secondary N) is 1. The lowest BCUT2D eigenvalue weighted by Crippen LogP contribution is -2.23. The molecule has 0 saturated carbocycles. The molecule has 2 aromatic rings. The van der Waals surface area contributed by atoms with E-state index in [0.29, 0.717) is 15.5 Å². The molecule has 21 heavy (non-hydrogen) atoms. The van der Waals surface area contributed by atoms with Crippen LogP contribution in [-0.4, -0.2) is 8.42 Å². The molecule has 0 aliphatic carbocycles. The molecule has 112 valence electrons. The topological polar surface area (TPSA) is 72.2 Å². The summed E-state index contributed by atoms with van der Waals surface area (Å²) in [5, 5.41) is 0. The number of nitrogens with two attached hydrogens (primary N) is 1. The van der Waals surface area contributed by atoms with Crippen LogP contribution in [0.15, 0.2) is 56.3 Å². The van der Waals surface area contributed by atoms with E-state index in [-0.39, 0.29) is 11.4 Å². The lowest BCUT2D eigenvalue weighted by Gasteiger charge is -2.09. The first-order valence-corrected chi connectivity index (χ1v) is 9.22. The molecule has 0 fully saturated rings. The maximum Gasteiger partial charge on any atom is 0.242 e. The van der Waals surface area contributed by atoms with Crippen LogP contribution in [0.3, 0.4) is 0 Å². The molecule has 0 unspecified atom stereocenters. The minimum atomic E-state index is -3.58. The van der Waals surface area contributed by atoms with Crippen LogP contribution >= 0.6 is 31.9 Å². The van der Waals surface area contributed by atoms with Crippen molar-refractivity contribution in [2.75, 3.05) is 0 Å². The van der Waals surface area contributed by atoms with Gasteiger partial charge in [-0.15, -0.1) is 0 Å². The lowest BCUT2D eigenvalue weighted by molar-refractivity contribution is 0.580. The molecule has 0 heterocycles. The number of halogens is 2. The summed E-state index contributed by atoms with van der Waals surface area (Å²) in [7, 11) is -3.58. The SMILES string of the molecule is NCc1ccc(CNS(=O)(=O)c2cc(Br)ccc2Br)cc1. The first kappa shape index (κ1) is 16.6. The molecule has 2 rings (SSSR count). The largest absolute Gasteiger partial charge is 0.326 e. The predicted octanol–water partition coefficient (Wildman–Crippen LogP) is 3.15. The molecular weight excluding hydrogens is 420 g/mol. The van der Waals surface area contributed by atoms with E-state index in [1.54, 1.807) is 18.2 Å². The summed E-state index contributed by atoms with van der Waals surface area (Å²) >= 11 is 6.53. The Hall–Kier alpha value is -0.730. The standard InChI is InChI=1S/C14H14Br2N2O2S/c15-12-5-6-13(16)14(7-12)21(19,20)18-9-11-3-1-10(8-17)2-4-11/h1-7,18H,8-9,17H2. The van der Waals surface area contributed by atoms with Crippen LogP contribution in [0, 0.1) is 0 Å². The lowest BCUT2D eigenvalue weighted by atomic mass is 10.1. The van der Waals surface area contributed by atoms with Crippen molar-refractivity contribution in [2.24, 2.45) is 5.73 Å². The molecule has 0 saturated heterocycles. The van der Waals surface area contributed by atoms with Crippen molar-refractivity contribution in [3.63, 3.8) is 0 Å². The van der Waals surface area contributed by atoms with Crippen molar-refractivity contribution in [1.82, 2.24) is 4.72 Å². The average molecular weight is 434 g/mol. The summed E-state index contributed by atoms with van der Waals surface area (Å²) in [6, 6.07) is 12.5. The molecule has 0 spiro atoms. The zero-order valence-electron chi connectivity index (χ0n) is 11.0. The fourth-order valence-electron chi connectivity index (χ4n) is 1.73. The second-order valence-electron chi connectivity index (χ2n) is 4.42. The van der Waals surface area contributed by atoms with Crippen LogP contribution in [0.4, 0.5) is 0 Å². The maximum atomic E-state index is 12.3. The number of hydrogen-bond acceptors (Lipinski definition) is 3. The number of rotatable bonds is 5. The average Bonchev–Trinajstić information content (AvgIpc) is 2.48. The highest BCUT2D eigenvalue weighted by Gasteiger charge is 2.17. The van der Waals surface area contributed by atoms with Crippen molar-refractivity contribution >= 4 is 41.9 Å². The monoisotopic (exact) mass is 432 g/mol. The van der Waals surface area contributed by atoms with E-state index in [2.05, 4.69) is 36.6 Å². The second kappa shape index (κ2) is 7.02. The van der Waals surface area contributed by atoms with Crippen LogP contribution in [0.2, 0.25) is 0 Å². The maximum absolute atomic E-state index is 12.3. The summed E-state index contributed by atoms with van der Waals surface area (Å²) in [5.74, 6) is 0. The Morgan fingerprint density at radius 1 is 1.00 bits per heavy atom. The molecule has 3 N–H and O–H groups in total. The van der Waals surface area contributed by atoms with Crippen LogP contribution in [-0.2, 0) is 23.1 Å². The Bertz CT molecular complexity index is 731. The minimum Gasteiger partial charge on any atom is -0.326 e. The van der Waals surface area contributed by atoms with Gasteiger partial charge in [-0.05, 0) is 45.3 Å². The first-order valence-electron chi connectivity index (χ1n) is 6.15. The van der Waals surface area contributed by atoms with Crippen LogP contribution in [0.25, 0.3) is 0 Å². The summed E-state index contributed by atoms with van der Waals surface area (Å²) in [6.07, 6.45) is 0. The molecule has 0 atom stereocenters. The van der Waals surface area contributed by atoms with Crippen molar-refractivity contribution in [3.05, 3.63) is 62.5 Å². The highest BCUT2D eigenvalue weighted by molar-refractivity contribution is 9.11. The Labute approximate surface area is 141 Å². The predicted molar refractivity (Wildman–Crippen MR) is 90.2 cm³/mol. The van der Waals surface area contributed by atoms with E-state index in [0.717, 1.165) is 11.1 Å². The Morgan fingerprint density at radius 2 is 1.62 bits per heavy atom. The van der Waals surface area contributed by atoms with Gasteiger partial charge in [0, 0.05) is 22.0 Å². The molecule has 0 amide bonds. The number of benzene rings is 2. The van der Waals surface area contributed by atoms with Crippen molar-refractivity contribution in [3.8, 4) is 0 Å². The van der Waals surface area contributed by atoms with E-state index in [1.807, 2.05) is 24.3 Å². The van der Waals surface area contributed by atoms with Gasteiger partial charge in [0.05, 0.1) is 4.90 Å². The molecule has 0 bridgehead atoms. The molecule has 0 aromatic heterocycles. The molecule has 4 nitrogen and oxygen atoms in total. The van der Waals surface area contributed by atoms with Gasteiger partial charge in [-0.1, -0.05) is 40.2 Å². The van der Waals surface area contributed by atoms with Crippen molar-refractivity contribution < 1.29 is 8.42 Å². The Morgan fingerprint density at radius 3 is 2.24 bits per heavy atom. The summed E-state index contributed by atoms with van der Waals surface area (Å²) in [4.78, 5) is 0.204. The fourth-order valence-corrected chi connectivity index (χ4v) is 4.25. The Kier molecular flexibility index (Phi) is 5.56. The molecule has 0 radical (unpaired) electrons.